The van der Waals surface area contributed by atoms with E-state index in [-0.39, 0.29) is 0 Å². The second-order valence-electron chi connectivity index (χ2n) is 3.53. The van der Waals surface area contributed by atoms with Crippen molar-refractivity contribution >= 4 is 28.5 Å². The molecule has 0 fully saturated rings. The summed E-state index contributed by atoms with van der Waals surface area (Å²) < 4.78 is 10.3. The Hall–Kier alpha value is -1.95. The molecule has 86 valence electrons. The molecule has 0 aliphatic rings. The number of hydrogen-bond acceptors (Lipinski definition) is 6. The van der Waals surface area contributed by atoms with Crippen LogP contribution in [0.1, 0.15) is 5.56 Å². The number of nitrogens with two attached hydrogens (primary N) is 1. The highest BCUT2D eigenvalue weighted by molar-refractivity contribution is 7.98. The van der Waals surface area contributed by atoms with Gasteiger partial charge in [0.05, 0.1) is 6.20 Å². The van der Waals surface area contributed by atoms with E-state index in [4.69, 9.17) is 14.7 Å². The Labute approximate surface area is 101 Å². The minimum absolute atomic E-state index is 0.617. The van der Waals surface area contributed by atoms with Crippen LogP contribution >= 0.6 is 11.8 Å². The lowest BCUT2D eigenvalue weighted by Gasteiger charge is -1.90. The molecule has 0 amide bonds. The fourth-order valence-electron chi connectivity index (χ4n) is 1.42. The summed E-state index contributed by atoms with van der Waals surface area (Å²) in [6, 6.07) is 5.42. The van der Waals surface area contributed by atoms with Crippen LogP contribution in [0.3, 0.4) is 0 Å². The van der Waals surface area contributed by atoms with Crippen molar-refractivity contribution in [2.24, 2.45) is 0 Å². The maximum atomic E-state index is 5.67. The predicted octanol–water partition coefficient (Wildman–Crippen LogP) is 2.69. The van der Waals surface area contributed by atoms with Crippen molar-refractivity contribution in [1.29, 1.82) is 0 Å². The van der Waals surface area contributed by atoms with Crippen LogP contribution in [0, 0.1) is 0 Å². The number of nitrogen functional groups attached to an aromatic ring is 1. The first-order chi connectivity index (χ1) is 8.31. The van der Waals surface area contributed by atoms with Gasteiger partial charge < -0.3 is 14.7 Å². The molecule has 5 nitrogen and oxygen atoms in total. The van der Waals surface area contributed by atoms with Crippen LogP contribution in [0.2, 0.25) is 0 Å². The topological polar surface area (TPSA) is 78.1 Å². The average Bonchev–Trinajstić information content (AvgIpc) is 2.94. The van der Waals surface area contributed by atoms with Gasteiger partial charge in [-0.3, -0.25) is 0 Å². The predicted molar refractivity (Wildman–Crippen MR) is 64.5 cm³/mol. The van der Waals surface area contributed by atoms with E-state index in [2.05, 4.69) is 10.1 Å². The lowest BCUT2D eigenvalue weighted by molar-refractivity contribution is 0.419. The van der Waals surface area contributed by atoms with Crippen molar-refractivity contribution in [3.63, 3.8) is 0 Å². The van der Waals surface area contributed by atoms with E-state index >= 15 is 0 Å². The summed E-state index contributed by atoms with van der Waals surface area (Å²) in [7, 11) is 0. The first kappa shape index (κ1) is 10.2. The zero-order chi connectivity index (χ0) is 11.7. The minimum atomic E-state index is 0.617. The fraction of sp³-hybridized carbons (Fsp3) is 0.0909. The SMILES string of the molecule is Nc1ccc2nc(SCc3cnoc3)oc2c1. The molecule has 0 atom stereocenters. The lowest BCUT2D eigenvalue weighted by atomic mass is 10.3. The molecule has 0 saturated heterocycles. The van der Waals surface area contributed by atoms with Crippen LogP contribution < -0.4 is 5.73 Å². The number of rotatable bonds is 3. The van der Waals surface area contributed by atoms with Crippen LogP contribution in [0.15, 0.2) is 44.8 Å². The molecule has 3 rings (SSSR count). The summed E-state index contributed by atoms with van der Waals surface area (Å²) >= 11 is 1.49. The minimum Gasteiger partial charge on any atom is -0.431 e. The third-order valence-corrected chi connectivity index (χ3v) is 3.14. The second kappa shape index (κ2) is 4.14. The molecule has 1 aromatic carbocycles. The van der Waals surface area contributed by atoms with Gasteiger partial charge >= 0.3 is 0 Å². The maximum Gasteiger partial charge on any atom is 0.257 e. The Bertz CT molecular complexity index is 633. The second-order valence-corrected chi connectivity index (χ2v) is 4.45. The number of aromatic nitrogens is 2. The highest BCUT2D eigenvalue weighted by Gasteiger charge is 2.07. The quantitative estimate of drug-likeness (QED) is 0.566. The van der Waals surface area contributed by atoms with E-state index in [1.807, 2.05) is 6.07 Å². The monoisotopic (exact) mass is 247 g/mol. The van der Waals surface area contributed by atoms with Crippen molar-refractivity contribution in [3.05, 3.63) is 36.2 Å². The molecule has 0 aliphatic heterocycles. The number of thioether (sulfide) groups is 1. The Morgan fingerprint density at radius 3 is 3.12 bits per heavy atom. The van der Waals surface area contributed by atoms with E-state index in [0.717, 1.165) is 11.1 Å². The van der Waals surface area contributed by atoms with Crippen LogP contribution in [-0.2, 0) is 5.75 Å². The zero-order valence-corrected chi connectivity index (χ0v) is 9.61. The van der Waals surface area contributed by atoms with Gasteiger partial charge in [0.25, 0.3) is 5.22 Å². The van der Waals surface area contributed by atoms with Crippen molar-refractivity contribution in [2.75, 3.05) is 5.73 Å². The Balaban J connectivity index is 1.81. The molecule has 2 aromatic heterocycles. The van der Waals surface area contributed by atoms with Gasteiger partial charge in [0.15, 0.2) is 5.58 Å². The molecule has 0 radical (unpaired) electrons. The smallest absolute Gasteiger partial charge is 0.257 e. The van der Waals surface area contributed by atoms with Gasteiger partial charge in [-0.1, -0.05) is 16.9 Å². The number of benzene rings is 1. The van der Waals surface area contributed by atoms with Gasteiger partial charge in [0, 0.05) is 23.1 Å². The van der Waals surface area contributed by atoms with Crippen LogP contribution in [0.5, 0.6) is 0 Å². The Morgan fingerprint density at radius 2 is 2.29 bits per heavy atom. The summed E-state index contributed by atoms with van der Waals surface area (Å²) in [6.07, 6.45) is 3.28. The third kappa shape index (κ3) is 2.12. The van der Waals surface area contributed by atoms with Crippen molar-refractivity contribution in [1.82, 2.24) is 10.1 Å². The van der Waals surface area contributed by atoms with Crippen molar-refractivity contribution in [2.45, 2.75) is 11.0 Å². The number of nitrogens with zero attached hydrogens (tertiary/aromatic N) is 2. The van der Waals surface area contributed by atoms with Gasteiger partial charge in [-0.15, -0.1) is 0 Å². The molecule has 0 spiro atoms. The maximum absolute atomic E-state index is 5.67. The van der Waals surface area contributed by atoms with Gasteiger partial charge in [-0.25, -0.2) is 4.98 Å². The van der Waals surface area contributed by atoms with E-state index in [1.54, 1.807) is 24.6 Å². The van der Waals surface area contributed by atoms with Gasteiger partial charge in [0.1, 0.15) is 11.8 Å². The zero-order valence-electron chi connectivity index (χ0n) is 8.79. The normalized spacial score (nSPS) is 11.1. The molecule has 3 aromatic rings. The van der Waals surface area contributed by atoms with Gasteiger partial charge in [0.2, 0.25) is 0 Å². The lowest BCUT2D eigenvalue weighted by Crippen LogP contribution is -1.81. The number of hydrogen-bond donors (Lipinski definition) is 1. The standard InChI is InChI=1S/C11H9N3O2S/c12-8-1-2-9-10(3-8)16-11(14-9)17-6-7-4-13-15-5-7/h1-5H,6,12H2. The van der Waals surface area contributed by atoms with Crippen molar-refractivity contribution in [3.8, 4) is 0 Å². The van der Waals surface area contributed by atoms with Crippen LogP contribution in [0.4, 0.5) is 5.69 Å². The molecule has 17 heavy (non-hydrogen) atoms. The van der Waals surface area contributed by atoms with E-state index < -0.39 is 0 Å². The van der Waals surface area contributed by atoms with Gasteiger partial charge in [-0.2, -0.15) is 0 Å². The first-order valence-corrected chi connectivity index (χ1v) is 5.97. The number of fused-ring (bicyclic) bond motifs is 1. The number of anilines is 1. The average molecular weight is 247 g/mol. The summed E-state index contributed by atoms with van der Waals surface area (Å²) in [5.74, 6) is 0.714. The molecule has 0 saturated carbocycles. The third-order valence-electron chi connectivity index (χ3n) is 2.24. The van der Waals surface area contributed by atoms with E-state index in [0.29, 0.717) is 22.2 Å². The molecule has 0 aliphatic carbocycles. The number of oxazole rings is 1. The fourth-order valence-corrected chi connectivity index (χ4v) is 2.17. The molecular formula is C11H9N3O2S. The van der Waals surface area contributed by atoms with Gasteiger partial charge in [-0.05, 0) is 12.1 Å². The molecular weight excluding hydrogens is 238 g/mol. The molecule has 0 bridgehead atoms. The summed E-state index contributed by atoms with van der Waals surface area (Å²) in [6.45, 7) is 0. The Morgan fingerprint density at radius 1 is 1.35 bits per heavy atom. The summed E-state index contributed by atoms with van der Waals surface area (Å²) in [5, 5.41) is 4.25. The van der Waals surface area contributed by atoms with Crippen LogP contribution in [0.25, 0.3) is 11.1 Å². The van der Waals surface area contributed by atoms with Crippen molar-refractivity contribution < 1.29 is 8.94 Å². The Kier molecular flexibility index (Phi) is 2.49. The molecule has 2 heterocycles. The molecule has 2 N–H and O–H groups in total. The summed E-state index contributed by atoms with van der Waals surface area (Å²) in [5.41, 5.74) is 8.85. The van der Waals surface area contributed by atoms with E-state index in [1.165, 1.54) is 11.8 Å². The highest BCUT2D eigenvalue weighted by Crippen LogP contribution is 2.27. The van der Waals surface area contributed by atoms with E-state index in [9.17, 15) is 0 Å². The van der Waals surface area contributed by atoms with Crippen LogP contribution in [-0.4, -0.2) is 10.1 Å². The molecule has 6 heteroatoms. The molecule has 0 unspecified atom stereocenters. The summed E-state index contributed by atoms with van der Waals surface area (Å²) in [4.78, 5) is 4.34. The first-order valence-electron chi connectivity index (χ1n) is 4.98. The highest BCUT2D eigenvalue weighted by atomic mass is 32.2. The largest absolute Gasteiger partial charge is 0.431 e.